The lowest BCUT2D eigenvalue weighted by Crippen LogP contribution is -2.59. The van der Waals surface area contributed by atoms with E-state index in [0.717, 1.165) is 96.3 Å². The number of carbonyl (C=O) groups is 2. The van der Waals surface area contributed by atoms with Crippen molar-refractivity contribution in [1.29, 1.82) is 0 Å². The summed E-state index contributed by atoms with van der Waals surface area (Å²) in [5.74, 6) is -0.848. The summed E-state index contributed by atoms with van der Waals surface area (Å²) in [6, 6.07) is 0. The third-order valence-corrected chi connectivity index (χ3v) is 9.39. The van der Waals surface area contributed by atoms with Crippen molar-refractivity contribution in [3.63, 3.8) is 0 Å². The number of unbranched alkanes of at least 4 members (excludes halogenated alkanes) is 13. The van der Waals surface area contributed by atoms with Gasteiger partial charge in [0.05, 0.1) is 13.2 Å². The van der Waals surface area contributed by atoms with Crippen LogP contribution in [0.3, 0.4) is 0 Å². The summed E-state index contributed by atoms with van der Waals surface area (Å²) >= 11 is 0. The number of ether oxygens (including phenoxy) is 4. The van der Waals surface area contributed by atoms with Gasteiger partial charge in [-0.2, -0.15) is 0 Å². The Hall–Kier alpha value is -2.60. The maximum absolute atomic E-state index is 12.7. The Kier molecular flexibility index (Phi) is 32.8. The van der Waals surface area contributed by atoms with Crippen molar-refractivity contribution in [3.05, 3.63) is 60.8 Å². The molecule has 0 unspecified atom stereocenters. The maximum atomic E-state index is 12.7. The normalized spacial score (nSPS) is 21.2. The van der Waals surface area contributed by atoms with Gasteiger partial charge in [-0.05, 0) is 77.0 Å². The summed E-state index contributed by atoms with van der Waals surface area (Å²) in [6.45, 7) is 3.23. The van der Waals surface area contributed by atoms with Gasteiger partial charge in [0.25, 0.3) is 0 Å². The van der Waals surface area contributed by atoms with Gasteiger partial charge in [-0.15, -0.1) is 0 Å². The summed E-state index contributed by atoms with van der Waals surface area (Å²) in [7, 11) is 0. The van der Waals surface area contributed by atoms with Crippen molar-refractivity contribution < 1.29 is 49.0 Å². The minimum absolute atomic E-state index is 0.207. The molecule has 1 rings (SSSR count). The molecule has 316 valence electrons. The topological polar surface area (TPSA) is 152 Å². The van der Waals surface area contributed by atoms with Gasteiger partial charge in [-0.1, -0.05) is 126 Å². The smallest absolute Gasteiger partial charge is 0.306 e. The molecule has 0 saturated carbocycles. The Bertz CT molecular complexity index is 1080. The molecule has 55 heavy (non-hydrogen) atoms. The molecule has 1 fully saturated rings. The molecule has 0 aliphatic carbocycles. The molecular formula is C45H76O10. The van der Waals surface area contributed by atoms with E-state index in [-0.39, 0.29) is 26.1 Å². The first kappa shape index (κ1) is 50.4. The Morgan fingerprint density at radius 1 is 0.582 bits per heavy atom. The minimum atomic E-state index is -1.60. The van der Waals surface area contributed by atoms with Gasteiger partial charge < -0.3 is 39.4 Å². The molecule has 1 aliphatic rings. The molecule has 10 nitrogen and oxygen atoms in total. The predicted molar refractivity (Wildman–Crippen MR) is 219 cm³/mol. The Labute approximate surface area is 332 Å². The zero-order valence-electron chi connectivity index (χ0n) is 34.2. The number of rotatable bonds is 34. The van der Waals surface area contributed by atoms with E-state index in [0.29, 0.717) is 12.8 Å². The van der Waals surface area contributed by atoms with Crippen molar-refractivity contribution in [2.45, 2.75) is 192 Å². The zero-order valence-corrected chi connectivity index (χ0v) is 34.2. The van der Waals surface area contributed by atoms with Crippen molar-refractivity contribution in [3.8, 4) is 0 Å². The van der Waals surface area contributed by atoms with E-state index in [1.807, 2.05) is 0 Å². The summed E-state index contributed by atoms with van der Waals surface area (Å²) in [6.07, 6.45) is 35.1. The van der Waals surface area contributed by atoms with Crippen molar-refractivity contribution >= 4 is 11.9 Å². The van der Waals surface area contributed by atoms with Crippen molar-refractivity contribution in [1.82, 2.24) is 0 Å². The van der Waals surface area contributed by atoms with Crippen LogP contribution >= 0.6 is 0 Å². The number of carbonyl (C=O) groups excluding carboxylic acids is 2. The van der Waals surface area contributed by atoms with Gasteiger partial charge in [0, 0.05) is 12.8 Å². The molecule has 1 aliphatic heterocycles. The van der Waals surface area contributed by atoms with Gasteiger partial charge in [-0.25, -0.2) is 0 Å². The lowest BCUT2D eigenvalue weighted by molar-refractivity contribution is -0.305. The largest absolute Gasteiger partial charge is 0.462 e. The van der Waals surface area contributed by atoms with E-state index in [1.54, 1.807) is 0 Å². The molecule has 0 bridgehead atoms. The van der Waals surface area contributed by atoms with E-state index in [9.17, 15) is 30.0 Å². The van der Waals surface area contributed by atoms with E-state index in [4.69, 9.17) is 18.9 Å². The predicted octanol–water partition coefficient (Wildman–Crippen LogP) is 8.66. The maximum Gasteiger partial charge on any atom is 0.306 e. The molecule has 0 aromatic carbocycles. The van der Waals surface area contributed by atoms with Crippen molar-refractivity contribution in [2.24, 2.45) is 0 Å². The van der Waals surface area contributed by atoms with E-state index < -0.39 is 55.4 Å². The van der Waals surface area contributed by atoms with Crippen LogP contribution in [-0.4, -0.2) is 89.0 Å². The van der Waals surface area contributed by atoms with Crippen LogP contribution in [0.1, 0.15) is 155 Å². The Morgan fingerprint density at radius 2 is 1.07 bits per heavy atom. The summed E-state index contributed by atoms with van der Waals surface area (Å²) in [5, 5.41) is 40.0. The molecule has 4 N–H and O–H groups in total. The highest BCUT2D eigenvalue weighted by molar-refractivity contribution is 5.70. The van der Waals surface area contributed by atoms with Gasteiger partial charge in [0.15, 0.2) is 12.4 Å². The van der Waals surface area contributed by atoms with Gasteiger partial charge in [0.1, 0.15) is 31.0 Å². The Morgan fingerprint density at radius 3 is 1.62 bits per heavy atom. The van der Waals surface area contributed by atoms with Crippen LogP contribution in [0.5, 0.6) is 0 Å². The second-order valence-corrected chi connectivity index (χ2v) is 14.4. The third kappa shape index (κ3) is 27.6. The minimum Gasteiger partial charge on any atom is -0.462 e. The lowest BCUT2D eigenvalue weighted by atomic mass is 9.99. The molecule has 0 amide bonds. The monoisotopic (exact) mass is 777 g/mol. The fourth-order valence-electron chi connectivity index (χ4n) is 6.00. The molecule has 10 heteroatoms. The second kappa shape index (κ2) is 35.8. The number of aliphatic hydroxyl groups is 4. The highest BCUT2D eigenvalue weighted by Gasteiger charge is 2.44. The number of hydrogen-bond donors (Lipinski definition) is 4. The van der Waals surface area contributed by atoms with Gasteiger partial charge >= 0.3 is 11.9 Å². The molecule has 1 saturated heterocycles. The van der Waals surface area contributed by atoms with Crippen LogP contribution in [0.25, 0.3) is 0 Å². The first-order valence-corrected chi connectivity index (χ1v) is 21.4. The van der Waals surface area contributed by atoms with Crippen LogP contribution in [0.2, 0.25) is 0 Å². The molecule has 0 aromatic rings. The second-order valence-electron chi connectivity index (χ2n) is 14.4. The molecule has 6 atom stereocenters. The first-order chi connectivity index (χ1) is 26.8. The highest BCUT2D eigenvalue weighted by Crippen LogP contribution is 2.22. The van der Waals surface area contributed by atoms with Crippen LogP contribution in [-0.2, 0) is 28.5 Å². The van der Waals surface area contributed by atoms with Crippen LogP contribution in [0.15, 0.2) is 60.8 Å². The number of aliphatic hydroxyl groups excluding tert-OH is 4. The zero-order chi connectivity index (χ0) is 40.2. The number of esters is 2. The number of allylic oxidation sites excluding steroid dienone is 10. The Balaban J connectivity index is 2.38. The summed E-state index contributed by atoms with van der Waals surface area (Å²) in [4.78, 5) is 25.3. The highest BCUT2D eigenvalue weighted by atomic mass is 16.7. The summed E-state index contributed by atoms with van der Waals surface area (Å²) < 4.78 is 22.1. The van der Waals surface area contributed by atoms with E-state index in [1.165, 1.54) is 19.3 Å². The van der Waals surface area contributed by atoms with Gasteiger partial charge in [-0.3, -0.25) is 9.59 Å². The van der Waals surface area contributed by atoms with E-state index >= 15 is 0 Å². The standard InChI is InChI=1S/C45H76O10/c1-3-5-7-9-11-13-15-17-19-21-23-25-27-29-31-33-40(47)52-36-38(37-53-45-44(51)43(50)42(49)39(35-46)55-45)54-41(48)34-32-30-28-26-24-22-20-18-16-14-12-10-8-6-4-2/h5,7,11-14,17-20,38-39,42-46,49-51H,3-4,6,8-10,15-16,21-37H2,1-2H3/b7-5-,13-11-,14-12-,19-17-,20-18-/t38-,39+,42-,43-,44+,45+/m0/s1. The average molecular weight is 777 g/mol. The van der Waals surface area contributed by atoms with E-state index in [2.05, 4.69) is 74.6 Å². The molecule has 0 radical (unpaired) electrons. The van der Waals surface area contributed by atoms with Crippen molar-refractivity contribution in [2.75, 3.05) is 19.8 Å². The molecule has 0 aromatic heterocycles. The fraction of sp³-hybridized carbons (Fsp3) is 0.733. The van der Waals surface area contributed by atoms with Crippen LogP contribution in [0.4, 0.5) is 0 Å². The molecule has 1 heterocycles. The SMILES string of the molecule is CC/C=C\C/C=C\C/C=C\CCCCCCCC(=O)OC[C@@H](CO[C@@H]1O[C@H](CO)[C@H](O)[C@H](O)[C@H]1O)OC(=O)CCCCCCC/C=C\C/C=C\CCCCC. The lowest BCUT2D eigenvalue weighted by Gasteiger charge is -2.39. The third-order valence-electron chi connectivity index (χ3n) is 9.39. The number of hydrogen-bond acceptors (Lipinski definition) is 10. The summed E-state index contributed by atoms with van der Waals surface area (Å²) in [5.41, 5.74) is 0. The quantitative estimate of drug-likeness (QED) is 0.0284. The van der Waals surface area contributed by atoms with Crippen LogP contribution < -0.4 is 0 Å². The van der Waals surface area contributed by atoms with Gasteiger partial charge in [0.2, 0.25) is 0 Å². The first-order valence-electron chi connectivity index (χ1n) is 21.4. The van der Waals surface area contributed by atoms with Crippen LogP contribution in [0, 0.1) is 0 Å². The molecule has 0 spiro atoms. The fourth-order valence-corrected chi connectivity index (χ4v) is 6.00. The average Bonchev–Trinajstić information content (AvgIpc) is 3.18. The molecular weight excluding hydrogens is 700 g/mol.